The number of nitrogens with zero attached hydrogens (tertiary/aromatic N) is 2. The van der Waals surface area contributed by atoms with Crippen LogP contribution in [0.2, 0.25) is 0 Å². The molecule has 0 saturated carbocycles. The van der Waals surface area contributed by atoms with Crippen molar-refractivity contribution in [3.05, 3.63) is 18.0 Å². The van der Waals surface area contributed by atoms with E-state index in [1.54, 1.807) is 6.20 Å². The van der Waals surface area contributed by atoms with Gasteiger partial charge in [-0.1, -0.05) is 0 Å². The topological polar surface area (TPSA) is 104 Å². The first-order valence-corrected chi connectivity index (χ1v) is 10.6. The number of piperidine rings is 2. The maximum atomic E-state index is 12.9. The van der Waals surface area contributed by atoms with Gasteiger partial charge in [-0.25, -0.2) is 4.79 Å². The lowest BCUT2D eigenvalue weighted by Crippen LogP contribution is -2.64. The summed E-state index contributed by atoms with van der Waals surface area (Å²) in [5, 5.41) is 17.4. The minimum atomic E-state index is -0.142. The van der Waals surface area contributed by atoms with Crippen molar-refractivity contribution in [2.75, 3.05) is 13.2 Å². The van der Waals surface area contributed by atoms with Crippen molar-refractivity contribution in [3.8, 4) is 0 Å². The zero-order chi connectivity index (χ0) is 19.1. The van der Waals surface area contributed by atoms with Crippen molar-refractivity contribution in [2.45, 2.75) is 81.8 Å². The number of hydrogen-bond acceptors (Lipinski definition) is 6. The molecule has 7 atom stereocenters. The van der Waals surface area contributed by atoms with Gasteiger partial charge in [0.25, 0.3) is 0 Å². The van der Waals surface area contributed by atoms with Gasteiger partial charge in [-0.15, -0.1) is 0 Å². The summed E-state index contributed by atoms with van der Waals surface area (Å²) in [5.74, 6) is 0.206. The highest BCUT2D eigenvalue weighted by Crippen LogP contribution is 2.34. The summed E-state index contributed by atoms with van der Waals surface area (Å²) < 4.78 is 12.7. The van der Waals surface area contributed by atoms with E-state index in [0.717, 1.165) is 44.3 Å². The van der Waals surface area contributed by atoms with E-state index in [1.165, 1.54) is 0 Å². The Morgan fingerprint density at radius 1 is 1.25 bits per heavy atom. The molecular weight excluding hydrogens is 360 g/mol. The number of aromatic amines is 1. The number of ether oxygens (including phenoxy) is 2. The van der Waals surface area contributed by atoms with Gasteiger partial charge in [0, 0.05) is 24.4 Å². The first kappa shape index (κ1) is 18.4. The zero-order valence-electron chi connectivity index (χ0n) is 16.3. The summed E-state index contributed by atoms with van der Waals surface area (Å²) in [5.41, 5.74) is 1.08. The molecule has 4 N–H and O–H groups in total. The maximum absolute atomic E-state index is 12.9. The van der Waals surface area contributed by atoms with Gasteiger partial charge >= 0.3 is 6.03 Å². The molecule has 0 aliphatic carbocycles. The van der Waals surface area contributed by atoms with Crippen LogP contribution in [0.1, 0.15) is 50.6 Å². The van der Waals surface area contributed by atoms with E-state index >= 15 is 0 Å². The fourth-order valence-electron chi connectivity index (χ4n) is 5.21. The normalized spacial score (nSPS) is 41.5. The Hall–Kier alpha value is -1.68. The third kappa shape index (κ3) is 3.30. The fraction of sp³-hybridized carbons (Fsp3) is 0.789. The lowest BCUT2D eigenvalue weighted by atomic mass is 9.91. The second kappa shape index (κ2) is 7.62. The van der Waals surface area contributed by atoms with Gasteiger partial charge in [-0.2, -0.15) is 5.10 Å². The van der Waals surface area contributed by atoms with Gasteiger partial charge in [0.05, 0.1) is 24.4 Å². The van der Waals surface area contributed by atoms with Crippen LogP contribution in [0.5, 0.6) is 0 Å². The number of carbonyl (C=O) groups excluding carboxylic acids is 1. The van der Waals surface area contributed by atoms with Gasteiger partial charge in [0.1, 0.15) is 12.4 Å². The molecule has 2 bridgehead atoms. The van der Waals surface area contributed by atoms with Gasteiger partial charge < -0.3 is 19.7 Å². The van der Waals surface area contributed by atoms with Crippen molar-refractivity contribution >= 4 is 6.03 Å². The highest BCUT2D eigenvalue weighted by atomic mass is 16.5. The summed E-state index contributed by atoms with van der Waals surface area (Å²) in [6.45, 7) is 3.66. The molecule has 0 spiro atoms. The Labute approximate surface area is 164 Å². The molecule has 154 valence electrons. The molecule has 5 rings (SSSR count). The van der Waals surface area contributed by atoms with Crippen molar-refractivity contribution in [1.82, 2.24) is 31.0 Å². The molecule has 1 aromatic heterocycles. The highest BCUT2D eigenvalue weighted by Gasteiger charge is 2.51. The van der Waals surface area contributed by atoms with Gasteiger partial charge in [0.2, 0.25) is 0 Å². The van der Waals surface area contributed by atoms with Crippen LogP contribution in [-0.2, 0) is 9.47 Å². The lowest BCUT2D eigenvalue weighted by Gasteiger charge is -2.46. The zero-order valence-corrected chi connectivity index (χ0v) is 16.3. The molecule has 1 aromatic rings. The van der Waals surface area contributed by atoms with Crippen LogP contribution >= 0.6 is 0 Å². The lowest BCUT2D eigenvalue weighted by molar-refractivity contribution is -0.0971. The number of amides is 2. The standard InChI is InChI=1S/C19H30N6O3/c1-11-3-2-10-27-18-12(13-6-9-21-24-13)4-5-15(22-18)25-16-14(28-11)7-8-20-17(16)23-19(25)26/h6,9,11-12,14-18,20,22H,2-5,7-8,10H2,1H3,(H,21,24)(H,23,26)/t11-,12?,14?,15?,16?,17?,18?/m1/s1. The molecule has 2 amide bonds. The molecule has 4 aliphatic rings. The Morgan fingerprint density at radius 3 is 3.04 bits per heavy atom. The van der Waals surface area contributed by atoms with Crippen molar-refractivity contribution in [1.29, 1.82) is 0 Å². The van der Waals surface area contributed by atoms with E-state index in [4.69, 9.17) is 9.47 Å². The van der Waals surface area contributed by atoms with E-state index in [2.05, 4.69) is 33.1 Å². The first-order valence-electron chi connectivity index (χ1n) is 10.6. The summed E-state index contributed by atoms with van der Waals surface area (Å²) in [7, 11) is 0. The molecule has 28 heavy (non-hydrogen) atoms. The summed E-state index contributed by atoms with van der Waals surface area (Å²) >= 11 is 0. The number of H-pyrrole nitrogens is 1. The Balaban J connectivity index is 1.43. The minimum absolute atomic E-state index is 0.00928. The number of aromatic nitrogens is 2. The number of urea groups is 1. The maximum Gasteiger partial charge on any atom is 0.320 e. The monoisotopic (exact) mass is 390 g/mol. The molecule has 4 aliphatic heterocycles. The predicted octanol–water partition coefficient (Wildman–Crippen LogP) is 0.826. The first-order chi connectivity index (χ1) is 13.7. The van der Waals surface area contributed by atoms with Crippen LogP contribution in [0, 0.1) is 0 Å². The quantitative estimate of drug-likeness (QED) is 0.566. The number of rotatable bonds is 1. The van der Waals surface area contributed by atoms with E-state index < -0.39 is 0 Å². The van der Waals surface area contributed by atoms with Crippen LogP contribution in [0.15, 0.2) is 12.3 Å². The second-order valence-corrected chi connectivity index (χ2v) is 8.36. The molecule has 4 fully saturated rings. The molecule has 9 heteroatoms. The van der Waals surface area contributed by atoms with E-state index in [0.29, 0.717) is 6.61 Å². The van der Waals surface area contributed by atoms with Crippen molar-refractivity contribution in [2.24, 2.45) is 0 Å². The van der Waals surface area contributed by atoms with Crippen LogP contribution in [0.3, 0.4) is 0 Å². The van der Waals surface area contributed by atoms with Crippen LogP contribution < -0.4 is 16.0 Å². The molecule has 9 nitrogen and oxygen atoms in total. The summed E-state index contributed by atoms with van der Waals surface area (Å²) in [6, 6.07) is 1.98. The van der Waals surface area contributed by atoms with Crippen molar-refractivity contribution in [3.63, 3.8) is 0 Å². The smallest absolute Gasteiger partial charge is 0.320 e. The Kier molecular flexibility index (Phi) is 5.00. The van der Waals surface area contributed by atoms with Crippen LogP contribution in [0.25, 0.3) is 0 Å². The molecule has 0 radical (unpaired) electrons. The SMILES string of the molecule is C[C@@H]1CCCOC2NC(CCC2c2ccn[nH]2)N2C(=O)NC3NCCC(O1)C32. The minimum Gasteiger partial charge on any atom is -0.373 e. The molecule has 4 saturated heterocycles. The Morgan fingerprint density at radius 2 is 2.18 bits per heavy atom. The largest absolute Gasteiger partial charge is 0.373 e. The average molecular weight is 390 g/mol. The summed E-state index contributed by atoms with van der Waals surface area (Å²) in [6.07, 6.45) is 6.33. The third-order valence-corrected chi connectivity index (χ3v) is 6.54. The van der Waals surface area contributed by atoms with Crippen LogP contribution in [0.4, 0.5) is 4.79 Å². The molecule has 6 unspecified atom stereocenters. The molecule has 5 heterocycles. The van der Waals surface area contributed by atoms with Gasteiger partial charge in [-0.05, 0) is 51.6 Å². The van der Waals surface area contributed by atoms with Gasteiger partial charge in [-0.3, -0.25) is 15.7 Å². The Bertz CT molecular complexity index is 685. The predicted molar refractivity (Wildman–Crippen MR) is 101 cm³/mol. The van der Waals surface area contributed by atoms with E-state index in [1.807, 2.05) is 11.0 Å². The number of hydrogen-bond donors (Lipinski definition) is 4. The average Bonchev–Trinajstić information content (AvgIpc) is 3.32. The summed E-state index contributed by atoms with van der Waals surface area (Å²) in [4.78, 5) is 14.8. The highest BCUT2D eigenvalue weighted by molar-refractivity contribution is 5.78. The van der Waals surface area contributed by atoms with E-state index in [-0.39, 0.29) is 48.8 Å². The number of fused-ring (bicyclic) bond motifs is 3. The fourth-order valence-corrected chi connectivity index (χ4v) is 5.21. The number of nitrogens with one attached hydrogen (secondary N) is 4. The molecule has 0 aromatic carbocycles. The second-order valence-electron chi connectivity index (χ2n) is 8.36. The van der Waals surface area contributed by atoms with Crippen molar-refractivity contribution < 1.29 is 14.3 Å². The van der Waals surface area contributed by atoms with E-state index in [9.17, 15) is 4.79 Å². The van der Waals surface area contributed by atoms with Crippen LogP contribution in [-0.4, -0.2) is 71.1 Å². The number of carbonyl (C=O) groups is 1. The molecular formula is C19H30N6O3. The third-order valence-electron chi connectivity index (χ3n) is 6.54. The van der Waals surface area contributed by atoms with Gasteiger partial charge in [0.15, 0.2) is 0 Å².